The van der Waals surface area contributed by atoms with Crippen molar-refractivity contribution in [2.45, 2.75) is 88.1 Å². The number of aromatic nitrogens is 2. The van der Waals surface area contributed by atoms with Crippen molar-refractivity contribution in [1.29, 1.82) is 0 Å². The van der Waals surface area contributed by atoms with Crippen LogP contribution in [0.3, 0.4) is 0 Å². The molecule has 1 unspecified atom stereocenters. The molecule has 5 heterocycles. The lowest BCUT2D eigenvalue weighted by molar-refractivity contribution is -0.384. The number of benzene rings is 3. The van der Waals surface area contributed by atoms with E-state index in [4.69, 9.17) is 4.74 Å². The molecule has 9 rings (SSSR count). The van der Waals surface area contributed by atoms with E-state index in [0.717, 1.165) is 75.7 Å². The van der Waals surface area contributed by atoms with Gasteiger partial charge in [0.1, 0.15) is 28.7 Å². The molecule has 3 aromatic carbocycles. The summed E-state index contributed by atoms with van der Waals surface area (Å²) in [5, 5.41) is 19.2. The number of H-pyrrole nitrogens is 1. The van der Waals surface area contributed by atoms with Gasteiger partial charge in [-0.05, 0) is 130 Å². The quantitative estimate of drug-likeness (QED) is 0.0658. The first-order chi connectivity index (χ1) is 30.4. The second-order valence-corrected chi connectivity index (χ2v) is 19.8. The zero-order valence-electron chi connectivity index (χ0n) is 35.7. The number of halogens is 1. The van der Waals surface area contributed by atoms with Gasteiger partial charge in [-0.1, -0.05) is 38.1 Å². The van der Waals surface area contributed by atoms with Gasteiger partial charge in [-0.15, -0.1) is 0 Å². The number of likely N-dealkylation sites (tertiary alicyclic amines) is 1. The molecule has 4 N–H and O–H groups in total. The average Bonchev–Trinajstić information content (AvgIpc) is 3.96. The minimum Gasteiger partial charge on any atom is -0.455 e. The van der Waals surface area contributed by atoms with Gasteiger partial charge in [-0.3, -0.25) is 19.8 Å². The number of amides is 1. The number of aromatic amines is 1. The molecule has 1 aliphatic carbocycles. The van der Waals surface area contributed by atoms with Crippen molar-refractivity contribution in [2.24, 2.45) is 11.3 Å². The third kappa shape index (κ3) is 8.85. The minimum absolute atomic E-state index is 0.0648. The molecule has 1 atom stereocenters. The summed E-state index contributed by atoms with van der Waals surface area (Å²) in [4.78, 5) is 37.0. The third-order valence-corrected chi connectivity index (χ3v) is 15.2. The summed E-state index contributed by atoms with van der Waals surface area (Å²) in [6.07, 6.45) is 11.4. The number of hydrogen-bond acceptors (Lipinski definition) is 11. The zero-order chi connectivity index (χ0) is 43.9. The average molecular weight is 879 g/mol. The summed E-state index contributed by atoms with van der Waals surface area (Å²) >= 11 is 0. The Morgan fingerprint density at radius 2 is 1.81 bits per heavy atom. The number of hydrogen-bond donors (Lipinski definition) is 4. The highest BCUT2D eigenvalue weighted by atomic mass is 32.2. The van der Waals surface area contributed by atoms with Crippen molar-refractivity contribution in [2.75, 3.05) is 49.5 Å². The number of nitro benzene ring substituents is 1. The van der Waals surface area contributed by atoms with Crippen molar-refractivity contribution >= 4 is 44.0 Å². The summed E-state index contributed by atoms with van der Waals surface area (Å²) in [5.74, 6) is -0.884. The summed E-state index contributed by atoms with van der Waals surface area (Å²) in [6.45, 7) is 9.07. The summed E-state index contributed by atoms with van der Waals surface area (Å²) in [5.41, 5.74) is 3.31. The number of carbonyl (C=O) groups is 1. The molecule has 16 heteroatoms. The van der Waals surface area contributed by atoms with Crippen LogP contribution in [0, 0.1) is 27.3 Å². The van der Waals surface area contributed by atoms with Crippen LogP contribution < -0.4 is 25.0 Å². The fourth-order valence-electron chi connectivity index (χ4n) is 10.4. The lowest BCUT2D eigenvalue weighted by Crippen LogP contribution is -2.55. The molecule has 14 nitrogen and oxygen atoms in total. The Bertz CT molecular complexity index is 2620. The maximum atomic E-state index is 16.3. The molecule has 63 heavy (non-hydrogen) atoms. The van der Waals surface area contributed by atoms with E-state index in [-0.39, 0.29) is 33.9 Å². The van der Waals surface area contributed by atoms with Crippen LogP contribution >= 0.6 is 0 Å². The fraction of sp³-hybridized carbons (Fsp3) is 0.447. The Morgan fingerprint density at radius 1 is 1.03 bits per heavy atom. The normalized spacial score (nSPS) is 19.7. The maximum absolute atomic E-state index is 16.3. The van der Waals surface area contributed by atoms with Gasteiger partial charge in [0.25, 0.3) is 21.6 Å². The molecule has 3 aliphatic heterocycles. The Morgan fingerprint density at radius 3 is 2.57 bits per heavy atom. The molecule has 5 aromatic rings. The topological polar surface area (TPSA) is 175 Å². The van der Waals surface area contributed by atoms with Gasteiger partial charge in [0.15, 0.2) is 0 Å². The van der Waals surface area contributed by atoms with Crippen molar-refractivity contribution in [3.8, 4) is 11.5 Å². The number of carbonyl (C=O) groups excluding carboxylic acids is 1. The molecule has 2 aromatic heterocycles. The minimum atomic E-state index is -4.66. The van der Waals surface area contributed by atoms with Gasteiger partial charge >= 0.3 is 0 Å². The van der Waals surface area contributed by atoms with Crippen LogP contribution in [0.5, 0.6) is 11.5 Å². The van der Waals surface area contributed by atoms with Crippen molar-refractivity contribution in [1.82, 2.24) is 24.9 Å². The van der Waals surface area contributed by atoms with E-state index in [9.17, 15) is 23.3 Å². The van der Waals surface area contributed by atoms with Gasteiger partial charge in [-0.25, -0.2) is 22.5 Å². The first-order valence-corrected chi connectivity index (χ1v) is 23.7. The molecule has 4 aliphatic rings. The number of nitrogens with zero attached hydrogens (tertiary/aromatic N) is 4. The van der Waals surface area contributed by atoms with Gasteiger partial charge < -0.3 is 25.3 Å². The van der Waals surface area contributed by atoms with E-state index >= 15 is 4.39 Å². The van der Waals surface area contributed by atoms with Crippen molar-refractivity contribution < 1.29 is 27.3 Å². The molecule has 1 spiro atoms. The molecule has 1 amide bonds. The number of nitrogens with one attached hydrogen (secondary N) is 4. The number of nitro groups is 1. The van der Waals surface area contributed by atoms with E-state index in [1.807, 2.05) is 15.7 Å². The summed E-state index contributed by atoms with van der Waals surface area (Å²) in [7, 11) is -4.66. The third-order valence-electron chi connectivity index (χ3n) is 13.9. The van der Waals surface area contributed by atoms with Gasteiger partial charge in [-0.2, -0.15) is 0 Å². The molecule has 0 bridgehead atoms. The van der Waals surface area contributed by atoms with Gasteiger partial charge in [0, 0.05) is 55.4 Å². The van der Waals surface area contributed by atoms with Crippen LogP contribution in [0.15, 0.2) is 84.0 Å². The zero-order valence-corrected chi connectivity index (χ0v) is 36.6. The first-order valence-electron chi connectivity index (χ1n) is 22.2. The van der Waals surface area contributed by atoms with Crippen LogP contribution in [-0.4, -0.2) is 79.4 Å². The number of pyridine rings is 1. The second-order valence-electron chi connectivity index (χ2n) is 18.2. The molecule has 0 radical (unpaired) electrons. The number of anilines is 2. The number of sulfonamides is 1. The SMILES string of the molecule is CC(C)c1ccccc1C1CCCN1C1CC2(CCN(c3cc(Oc4cnc5[nH]ccc5c4)c(C(=O)NS(=O)(=O)c4ccc(NCC5CCNCC5)c([N+](=O)[O-])c4)cc3F)CC2)C1. The lowest BCUT2D eigenvalue weighted by Gasteiger charge is -2.56. The Balaban J connectivity index is 0.922. The number of rotatable bonds is 13. The predicted molar refractivity (Wildman–Crippen MR) is 241 cm³/mol. The first kappa shape index (κ1) is 42.7. The van der Waals surface area contributed by atoms with Crippen LogP contribution in [0.1, 0.15) is 98.7 Å². The lowest BCUT2D eigenvalue weighted by atomic mass is 9.59. The van der Waals surface area contributed by atoms with Crippen molar-refractivity contribution in [3.05, 3.63) is 112 Å². The number of fused-ring (bicyclic) bond motifs is 1. The molecule has 1 saturated carbocycles. The largest absolute Gasteiger partial charge is 0.455 e. The molecular formula is C47H55FN8O6S. The van der Waals surface area contributed by atoms with Crippen LogP contribution in [-0.2, 0) is 10.0 Å². The second kappa shape index (κ2) is 17.5. The van der Waals surface area contributed by atoms with E-state index in [2.05, 4.69) is 63.6 Å². The highest BCUT2D eigenvalue weighted by Crippen LogP contribution is 2.54. The maximum Gasteiger partial charge on any atom is 0.293 e. The molecule has 332 valence electrons. The van der Waals surface area contributed by atoms with Gasteiger partial charge in [0.2, 0.25) is 0 Å². The predicted octanol–water partition coefficient (Wildman–Crippen LogP) is 8.64. The Hall–Kier alpha value is -5.58. The van der Waals surface area contributed by atoms with E-state index in [1.54, 1.807) is 12.3 Å². The smallest absolute Gasteiger partial charge is 0.293 e. The Labute approximate surface area is 367 Å². The van der Waals surface area contributed by atoms with Crippen LogP contribution in [0.4, 0.5) is 21.5 Å². The van der Waals surface area contributed by atoms with Crippen molar-refractivity contribution in [3.63, 3.8) is 0 Å². The number of ether oxygens (including phenoxy) is 1. The molecule has 4 fully saturated rings. The number of piperidine rings is 2. The summed E-state index contributed by atoms with van der Waals surface area (Å²) in [6, 6.07) is 19.3. The van der Waals surface area contributed by atoms with E-state index < -0.39 is 37.3 Å². The monoisotopic (exact) mass is 878 g/mol. The standard InChI is InChI=1S/C47H55FN8O6S/c1-30(2)36-6-3-4-7-37(36)41-8-5-19-55(41)33-26-47(27-33)14-20-54(21-15-47)42-25-44(62-34-22-32-13-18-50-45(32)52-29-34)38(24-39(42)48)46(57)53-63(60,61)35-9-10-40(43(23-35)56(58)59)51-28-31-11-16-49-17-12-31/h3-4,6-7,9-10,13,18,22-25,29-31,33,41,49,51H,5,8,11-12,14-17,19-21,26-28H2,1-2H3,(H,50,52)(H,53,57). The van der Waals surface area contributed by atoms with E-state index in [0.29, 0.717) is 49.2 Å². The highest BCUT2D eigenvalue weighted by Gasteiger charge is 2.50. The fourth-order valence-corrected chi connectivity index (χ4v) is 11.4. The molecule has 3 saturated heterocycles. The highest BCUT2D eigenvalue weighted by molar-refractivity contribution is 7.90. The van der Waals surface area contributed by atoms with Crippen LogP contribution in [0.25, 0.3) is 11.0 Å². The molecular weight excluding hydrogens is 824 g/mol. The van der Waals surface area contributed by atoms with Gasteiger partial charge in [0.05, 0.1) is 27.3 Å². The summed E-state index contributed by atoms with van der Waals surface area (Å²) < 4.78 is 52.0. The van der Waals surface area contributed by atoms with Crippen LogP contribution in [0.2, 0.25) is 0 Å². The van der Waals surface area contributed by atoms with E-state index in [1.165, 1.54) is 48.4 Å². The Kier molecular flexibility index (Phi) is 11.9.